The third-order valence-electron chi connectivity index (χ3n) is 7.18. The van der Waals surface area contributed by atoms with Crippen molar-refractivity contribution in [3.05, 3.63) is 34.9 Å². The van der Waals surface area contributed by atoms with E-state index in [1.165, 1.54) is 0 Å². The van der Waals surface area contributed by atoms with E-state index >= 15 is 4.39 Å². The van der Waals surface area contributed by atoms with Gasteiger partial charge < -0.3 is 20.1 Å². The van der Waals surface area contributed by atoms with Gasteiger partial charge in [0.05, 0.1) is 18.5 Å². The van der Waals surface area contributed by atoms with E-state index in [1.54, 1.807) is 23.9 Å². The van der Waals surface area contributed by atoms with Crippen molar-refractivity contribution in [2.24, 2.45) is 5.92 Å². The van der Waals surface area contributed by atoms with E-state index in [-0.39, 0.29) is 10.7 Å². The largest absolute Gasteiger partial charge is 0.443 e. The second kappa shape index (κ2) is 8.09. The Balaban J connectivity index is 1.12. The number of halogens is 2. The van der Waals surface area contributed by atoms with E-state index in [4.69, 9.17) is 21.1 Å². The first-order valence-corrected chi connectivity index (χ1v) is 11.8. The number of carbonyl (C=O) groups is 1. The van der Waals surface area contributed by atoms with Gasteiger partial charge in [0, 0.05) is 30.3 Å². The van der Waals surface area contributed by atoms with Gasteiger partial charge in [0.25, 0.3) is 0 Å². The minimum absolute atomic E-state index is 0.0882. The zero-order valence-corrected chi connectivity index (χ0v) is 19.3. The number of alkyl carbamates (subject to hydrolysis) is 1. The Bertz CT molecular complexity index is 1230. The molecule has 0 aliphatic heterocycles. The number of carbonyl (C=O) groups excluding carboxylic acids is 1. The van der Waals surface area contributed by atoms with Crippen molar-refractivity contribution in [1.29, 1.82) is 0 Å². The van der Waals surface area contributed by atoms with E-state index < -0.39 is 24.3 Å². The summed E-state index contributed by atoms with van der Waals surface area (Å²) in [4.78, 5) is 16.6. The lowest BCUT2D eigenvalue weighted by Crippen LogP contribution is -2.68. The smallest absolute Gasteiger partial charge is 0.407 e. The molecular weight excluding hydrogens is 465 g/mol. The third-order valence-corrected chi connectivity index (χ3v) is 7.36. The van der Waals surface area contributed by atoms with Gasteiger partial charge in [0.1, 0.15) is 22.9 Å². The molecule has 4 fully saturated rings. The van der Waals surface area contributed by atoms with Crippen LogP contribution in [0.3, 0.4) is 0 Å². The zero-order chi connectivity index (χ0) is 23.4. The number of aromatic amines is 1. The molecule has 4 saturated carbocycles. The SMILES string of the molecule is COCc1cc2c(Nc3cc([C@H]4CC[C@@H](OC(=O)NC56CC(C5)C6)[C@H]4F)[nH]n3)nc(Cl)cn2n1. The van der Waals surface area contributed by atoms with Crippen molar-refractivity contribution in [3.8, 4) is 0 Å². The number of anilines is 2. The lowest BCUT2D eigenvalue weighted by Gasteiger charge is -2.61. The summed E-state index contributed by atoms with van der Waals surface area (Å²) in [6, 6.07) is 3.59. The molecule has 34 heavy (non-hydrogen) atoms. The number of rotatable bonds is 7. The zero-order valence-electron chi connectivity index (χ0n) is 18.6. The number of hydrogen-bond donors (Lipinski definition) is 3. The molecule has 10 nitrogen and oxygen atoms in total. The molecule has 0 unspecified atom stereocenters. The maximum absolute atomic E-state index is 15.2. The average Bonchev–Trinajstić information content (AvgIpc) is 3.44. The van der Waals surface area contributed by atoms with Crippen LogP contribution in [0.2, 0.25) is 5.15 Å². The Morgan fingerprint density at radius 1 is 1.35 bits per heavy atom. The second-order valence-electron chi connectivity index (χ2n) is 9.60. The van der Waals surface area contributed by atoms with Crippen LogP contribution >= 0.6 is 11.6 Å². The van der Waals surface area contributed by atoms with E-state index in [2.05, 4.69) is 30.9 Å². The lowest BCUT2D eigenvalue weighted by atomic mass is 9.50. The van der Waals surface area contributed by atoms with Crippen molar-refractivity contribution < 1.29 is 18.7 Å². The molecule has 4 aliphatic rings. The van der Waals surface area contributed by atoms with Gasteiger partial charge >= 0.3 is 6.09 Å². The molecule has 3 aromatic rings. The third kappa shape index (κ3) is 3.76. The Morgan fingerprint density at radius 2 is 2.18 bits per heavy atom. The Labute approximate surface area is 199 Å². The minimum atomic E-state index is -1.31. The first-order valence-electron chi connectivity index (χ1n) is 11.4. The van der Waals surface area contributed by atoms with Crippen molar-refractivity contribution in [2.75, 3.05) is 12.4 Å². The predicted molar refractivity (Wildman–Crippen MR) is 121 cm³/mol. The summed E-state index contributed by atoms with van der Waals surface area (Å²) >= 11 is 6.15. The summed E-state index contributed by atoms with van der Waals surface area (Å²) in [5.74, 6) is 1.24. The molecular formula is C22H25ClFN7O3. The molecule has 0 radical (unpaired) electrons. The molecule has 1 amide bonds. The number of alkyl halides is 1. The highest BCUT2D eigenvalue weighted by atomic mass is 35.5. The Morgan fingerprint density at radius 3 is 2.91 bits per heavy atom. The molecule has 3 heterocycles. The molecule has 0 spiro atoms. The van der Waals surface area contributed by atoms with Gasteiger partial charge in [-0.3, -0.25) is 5.10 Å². The molecule has 7 rings (SSSR count). The number of ether oxygens (including phenoxy) is 2. The van der Waals surface area contributed by atoms with Crippen LogP contribution in [0.4, 0.5) is 20.8 Å². The summed E-state index contributed by atoms with van der Waals surface area (Å²) < 4.78 is 27.4. The molecule has 0 aromatic carbocycles. The lowest BCUT2D eigenvalue weighted by molar-refractivity contribution is -0.0532. The van der Waals surface area contributed by atoms with Gasteiger partial charge in [0.15, 0.2) is 11.6 Å². The van der Waals surface area contributed by atoms with Crippen molar-refractivity contribution in [2.45, 2.75) is 62.4 Å². The number of aromatic nitrogens is 5. The fourth-order valence-electron chi connectivity index (χ4n) is 5.42. The molecule has 3 aromatic heterocycles. The molecule has 4 aliphatic carbocycles. The summed E-state index contributed by atoms with van der Waals surface area (Å²) in [7, 11) is 1.60. The maximum atomic E-state index is 15.2. The average molecular weight is 490 g/mol. The van der Waals surface area contributed by atoms with E-state index in [9.17, 15) is 4.79 Å². The predicted octanol–water partition coefficient (Wildman–Crippen LogP) is 3.86. The van der Waals surface area contributed by atoms with E-state index in [1.807, 2.05) is 6.07 Å². The topological polar surface area (TPSA) is 118 Å². The summed E-state index contributed by atoms with van der Waals surface area (Å²) in [5, 5.41) is 17.9. The summed E-state index contributed by atoms with van der Waals surface area (Å²) in [6.07, 6.45) is 3.07. The highest BCUT2D eigenvalue weighted by Gasteiger charge is 2.58. The minimum Gasteiger partial charge on any atom is -0.443 e. The number of hydrogen-bond acceptors (Lipinski definition) is 7. The summed E-state index contributed by atoms with van der Waals surface area (Å²) in [5.41, 5.74) is 1.98. The maximum Gasteiger partial charge on any atom is 0.407 e. The van der Waals surface area contributed by atoms with Crippen molar-refractivity contribution >= 4 is 34.8 Å². The van der Waals surface area contributed by atoms with Gasteiger partial charge in [-0.25, -0.2) is 18.7 Å². The normalized spacial score (nSPS) is 29.5. The van der Waals surface area contributed by atoms with Crippen molar-refractivity contribution in [3.63, 3.8) is 0 Å². The van der Waals surface area contributed by atoms with Crippen LogP contribution < -0.4 is 10.6 Å². The molecule has 2 bridgehead atoms. The van der Waals surface area contributed by atoms with Crippen LogP contribution in [0.25, 0.3) is 5.52 Å². The first-order chi connectivity index (χ1) is 16.4. The standard InChI is InChI=1S/C22H25ClFN7O3/c1-33-10-12-4-15-20(25-17(23)9-31(15)30-12)26-18-5-14(28-29-18)13-2-3-16(19(13)24)34-21(32)27-22-6-11(7-22)8-22/h4-5,9,11,13,16,19H,2-3,6-8,10H2,1H3,(H,27,32)(H2,25,26,28,29)/t11?,13-,16-,19+,22?/m1/s1. The van der Waals surface area contributed by atoms with Crippen LogP contribution in [0.1, 0.15) is 49.4 Å². The molecule has 3 atom stereocenters. The number of nitrogens with zero attached hydrogens (tertiary/aromatic N) is 4. The van der Waals surface area contributed by atoms with Crippen LogP contribution in [0.5, 0.6) is 0 Å². The molecule has 12 heteroatoms. The second-order valence-corrected chi connectivity index (χ2v) is 9.99. The molecule has 180 valence electrons. The fourth-order valence-corrected chi connectivity index (χ4v) is 5.60. The van der Waals surface area contributed by atoms with Gasteiger partial charge in [-0.2, -0.15) is 10.2 Å². The number of amides is 1. The quantitative estimate of drug-likeness (QED) is 0.461. The van der Waals surface area contributed by atoms with Gasteiger partial charge in [-0.1, -0.05) is 11.6 Å². The number of fused-ring (bicyclic) bond motifs is 1. The Hall–Kier alpha value is -2.92. The number of methoxy groups -OCH3 is 1. The van der Waals surface area contributed by atoms with E-state index in [0.29, 0.717) is 42.3 Å². The van der Waals surface area contributed by atoms with Crippen molar-refractivity contribution in [1.82, 2.24) is 30.1 Å². The molecule has 3 N–H and O–H groups in total. The van der Waals surface area contributed by atoms with Gasteiger partial charge in [0.2, 0.25) is 0 Å². The first kappa shape index (κ1) is 21.6. The van der Waals surface area contributed by atoms with Crippen LogP contribution in [0.15, 0.2) is 18.3 Å². The number of H-pyrrole nitrogens is 1. The number of nitrogens with one attached hydrogen (secondary N) is 3. The van der Waals surface area contributed by atoms with E-state index in [0.717, 1.165) is 30.9 Å². The molecule has 0 saturated heterocycles. The fraction of sp³-hybridized carbons (Fsp3) is 0.545. The van der Waals surface area contributed by atoms with Crippen LogP contribution in [0, 0.1) is 5.92 Å². The van der Waals surface area contributed by atoms with Crippen LogP contribution in [-0.4, -0.2) is 55.8 Å². The van der Waals surface area contributed by atoms with Gasteiger partial charge in [-0.05, 0) is 44.1 Å². The van der Waals surface area contributed by atoms with Crippen LogP contribution in [-0.2, 0) is 16.1 Å². The highest BCUT2D eigenvalue weighted by molar-refractivity contribution is 6.29. The van der Waals surface area contributed by atoms with Gasteiger partial charge in [-0.15, -0.1) is 0 Å². The Kier molecular flexibility index (Phi) is 5.14. The summed E-state index contributed by atoms with van der Waals surface area (Å²) in [6.45, 7) is 0.355. The highest BCUT2D eigenvalue weighted by Crippen LogP contribution is 2.57. The monoisotopic (exact) mass is 489 g/mol.